The molecule has 1 aliphatic rings. The van der Waals surface area contributed by atoms with Crippen LogP contribution >= 0.6 is 6.72 Å². The molecule has 7 N–H and O–H groups in total. The second kappa shape index (κ2) is 61.1. The third kappa shape index (κ3) is 56.6. The number of carbonyl (C=O) groups excluding carboxylic acids is 6. The number of rotatable bonds is 65. The first-order valence-electron chi connectivity index (χ1n) is 30.7. The molecule has 0 aromatic carbocycles. The van der Waals surface area contributed by atoms with Gasteiger partial charge in [0, 0.05) is 71.2 Å². The molecule has 6 amide bonds. The minimum absolute atomic E-state index is 0.0495. The molecule has 1 unspecified atom stereocenters. The summed E-state index contributed by atoms with van der Waals surface area (Å²) in [6.45, 7) is 5.58. The highest BCUT2D eigenvalue weighted by atomic mass is 32.5. The zero-order chi connectivity index (χ0) is 65.6. The summed E-state index contributed by atoms with van der Waals surface area (Å²) >= 11 is 4.36. The van der Waals surface area contributed by atoms with Gasteiger partial charge in [-0.05, 0) is 25.7 Å². The van der Waals surface area contributed by atoms with E-state index in [1.165, 1.54) is 4.90 Å². The number of ether oxygens (including phenoxy) is 14. The second-order valence-corrected chi connectivity index (χ2v) is 22.3. The van der Waals surface area contributed by atoms with Gasteiger partial charge in [0.2, 0.25) is 35.4 Å². The lowest BCUT2D eigenvalue weighted by molar-refractivity contribution is -0.202. The van der Waals surface area contributed by atoms with Crippen molar-refractivity contribution in [3.8, 4) is 24.7 Å². The quantitative estimate of drug-likeness (QED) is 0.0195. The second-order valence-electron chi connectivity index (χ2n) is 19.7. The van der Waals surface area contributed by atoms with Gasteiger partial charge in [-0.2, -0.15) is 0 Å². The lowest BCUT2D eigenvalue weighted by Gasteiger charge is -2.28. The minimum Gasteiger partial charge on any atom is -0.780 e. The Morgan fingerprint density at radius 3 is 1.23 bits per heavy atom. The Balaban J connectivity index is 2.17. The van der Waals surface area contributed by atoms with Crippen molar-refractivity contribution in [2.24, 2.45) is 0 Å². The van der Waals surface area contributed by atoms with E-state index in [9.17, 15) is 43.7 Å². The lowest BCUT2D eigenvalue weighted by atomic mass is 10.1. The average molecular weight is 1330 g/mol. The first kappa shape index (κ1) is 83.9. The molecule has 1 aliphatic heterocycles. The van der Waals surface area contributed by atoms with E-state index in [0.717, 1.165) is 0 Å². The van der Waals surface area contributed by atoms with E-state index >= 15 is 0 Å². The average Bonchev–Trinajstić information content (AvgIpc) is 2.83. The Morgan fingerprint density at radius 1 is 0.467 bits per heavy atom. The number of hydrogen-bond donors (Lipinski definition) is 7. The molecule has 0 aromatic rings. The van der Waals surface area contributed by atoms with Crippen LogP contribution in [-0.4, -0.2) is 293 Å². The highest BCUT2D eigenvalue weighted by Gasteiger charge is 2.34. The summed E-state index contributed by atoms with van der Waals surface area (Å²) in [6.07, 6.45) is 12.9. The van der Waals surface area contributed by atoms with Crippen molar-refractivity contribution in [2.75, 3.05) is 224 Å². The fraction of sp³-hybridized carbons (Fsp3) is 0.828. The van der Waals surface area contributed by atoms with Crippen LogP contribution in [0.4, 0.5) is 0 Å². The van der Waals surface area contributed by atoms with Gasteiger partial charge in [-0.1, -0.05) is 30.1 Å². The summed E-state index contributed by atoms with van der Waals surface area (Å²) in [6, 6.07) is -1.09. The number of nitrogens with one attached hydrogen (secondary N) is 5. The topological polar surface area (TPSA) is 368 Å². The number of nitrogens with zero attached hydrogens (tertiary/aromatic N) is 1. The molecule has 0 saturated carbocycles. The van der Waals surface area contributed by atoms with Crippen molar-refractivity contribution in [1.82, 2.24) is 31.5 Å². The van der Waals surface area contributed by atoms with Gasteiger partial charge in [-0.15, -0.1) is 12.8 Å². The molecule has 0 radical (unpaired) electrons. The number of aliphatic hydroxyl groups excluding tert-OH is 1. The molecule has 1 saturated heterocycles. The van der Waals surface area contributed by atoms with Crippen molar-refractivity contribution >= 4 is 54.0 Å². The number of carbonyl (C=O) groups is 6. The Hall–Kier alpha value is -4.13. The van der Waals surface area contributed by atoms with E-state index in [2.05, 4.69) is 50.2 Å². The summed E-state index contributed by atoms with van der Waals surface area (Å²) in [5.41, 5.74) is 0. The van der Waals surface area contributed by atoms with Gasteiger partial charge >= 0.3 is 0 Å². The van der Waals surface area contributed by atoms with E-state index in [1.807, 2.05) is 0 Å². The molecule has 0 aromatic heterocycles. The van der Waals surface area contributed by atoms with E-state index in [4.69, 9.17) is 83.7 Å². The van der Waals surface area contributed by atoms with Crippen LogP contribution in [-0.2, 0) is 111 Å². The normalized spacial score (nSPS) is 14.4. The largest absolute Gasteiger partial charge is 0.780 e. The van der Waals surface area contributed by atoms with Crippen molar-refractivity contribution < 1.29 is 115 Å². The maximum Gasteiger partial charge on any atom is 0.222 e. The molecule has 1 rings (SSSR count). The molecule has 1 fully saturated rings. The number of terminal acetylenes is 2. The summed E-state index contributed by atoms with van der Waals surface area (Å²) in [5, 5.41) is 23.9. The van der Waals surface area contributed by atoms with Crippen LogP contribution in [0.3, 0.4) is 0 Å². The van der Waals surface area contributed by atoms with E-state index < -0.39 is 24.9 Å². The fourth-order valence-electron chi connectivity index (χ4n) is 7.76. The van der Waals surface area contributed by atoms with Crippen molar-refractivity contribution in [1.29, 1.82) is 0 Å². The van der Waals surface area contributed by atoms with Crippen LogP contribution in [0.15, 0.2) is 0 Å². The van der Waals surface area contributed by atoms with Crippen molar-refractivity contribution in [3.05, 3.63) is 0 Å². The Kier molecular flexibility index (Phi) is 56.9. The summed E-state index contributed by atoms with van der Waals surface area (Å²) < 4.78 is 81.2. The molecule has 0 spiro atoms. The standard InChI is InChI=1S/C58H103N6O24PS/c1-3-19-74-27-33-80-39-42-83-37-31-78-25-17-61-55(68)12-22-86-47-50(48-87-23-13-56(69)62-18-26-79-32-38-84-43-40-81-34-28-75-20-4-2)63-57(70)14-21-76-29-35-82-41-44-85-36-30-77-24-16-60-54(67)10-8-9-53(66)59-15-7-5-6-11-58(71)64-46-52(65)45-51(64)49-88-89(72,73)90/h1-2,50-52,65H,5-49H2,(H,59,66)(H,60,67)(H,61,68)(H,62,69)(H,63,70)(H2,72,73,90)/p-1/t51-,52+/m0/s1. The Labute approximate surface area is 535 Å². The first-order chi connectivity index (χ1) is 43.7. The van der Waals surface area contributed by atoms with Gasteiger partial charge in [0.1, 0.15) is 19.9 Å². The number of unbranched alkanes of at least 4 members (excludes halogenated alkanes) is 2. The van der Waals surface area contributed by atoms with Crippen molar-refractivity contribution in [2.45, 2.75) is 88.8 Å². The fourth-order valence-corrected chi connectivity index (χ4v) is 8.30. The van der Waals surface area contributed by atoms with E-state index in [-0.39, 0.29) is 160 Å². The van der Waals surface area contributed by atoms with Crippen molar-refractivity contribution in [3.63, 3.8) is 0 Å². The molecule has 3 atom stereocenters. The molecular weight excluding hydrogens is 1230 g/mol. The highest BCUT2D eigenvalue weighted by Crippen LogP contribution is 2.33. The lowest BCUT2D eigenvalue weighted by Crippen LogP contribution is -2.42. The third-order valence-electron chi connectivity index (χ3n) is 12.2. The van der Waals surface area contributed by atoms with Crippen LogP contribution in [0.5, 0.6) is 0 Å². The molecule has 0 bridgehead atoms. The molecule has 520 valence electrons. The van der Waals surface area contributed by atoms with Gasteiger partial charge in [0.05, 0.1) is 197 Å². The predicted molar refractivity (Wildman–Crippen MR) is 328 cm³/mol. The molecule has 32 heteroatoms. The smallest absolute Gasteiger partial charge is 0.222 e. The van der Waals surface area contributed by atoms with Crippen LogP contribution < -0.4 is 31.5 Å². The van der Waals surface area contributed by atoms with E-state index in [0.29, 0.717) is 171 Å². The predicted octanol–water partition coefficient (Wildman–Crippen LogP) is -2.11. The Bertz CT molecular complexity index is 1910. The monoisotopic (exact) mass is 1330 g/mol. The van der Waals surface area contributed by atoms with Crippen LogP contribution in [0.1, 0.15) is 70.6 Å². The number of likely N-dealkylation sites (tertiary alicyclic amines) is 1. The van der Waals surface area contributed by atoms with Crippen LogP contribution in [0, 0.1) is 24.7 Å². The third-order valence-corrected chi connectivity index (χ3v) is 13.0. The zero-order valence-corrected chi connectivity index (χ0v) is 54.1. The van der Waals surface area contributed by atoms with Crippen LogP contribution in [0.2, 0.25) is 0 Å². The van der Waals surface area contributed by atoms with Gasteiger partial charge in [0.25, 0.3) is 0 Å². The van der Waals surface area contributed by atoms with Gasteiger partial charge in [-0.25, -0.2) is 0 Å². The SMILES string of the molecule is C#CCOCCOCCOCCOCCNC(=O)CCOCC(COCCC(=O)NCCOCCOCCOCCOCC#C)NC(=O)CCOCCOCCOCCOCCNC(=O)CCCC(=O)NCCCCCC(=O)N1C[C@H](O)C[C@H]1COP([O-])(O)=S. The first-order valence-corrected chi connectivity index (χ1v) is 33.3. The molecule has 1 heterocycles. The Morgan fingerprint density at radius 2 is 0.822 bits per heavy atom. The molecule has 30 nitrogen and oxygen atoms in total. The van der Waals surface area contributed by atoms with Gasteiger partial charge in [-0.3, -0.25) is 28.8 Å². The molecule has 0 aliphatic carbocycles. The summed E-state index contributed by atoms with van der Waals surface area (Å²) in [5.74, 6) is 3.44. The highest BCUT2D eigenvalue weighted by molar-refractivity contribution is 8.06. The number of β-amino-alcohol motifs (C(OH)–C–C–N with tert-alkyl or cyclic N) is 1. The van der Waals surface area contributed by atoms with E-state index in [1.54, 1.807) is 0 Å². The molecule has 90 heavy (non-hydrogen) atoms. The summed E-state index contributed by atoms with van der Waals surface area (Å²) in [7, 11) is 0. The van der Waals surface area contributed by atoms with Crippen LogP contribution in [0.25, 0.3) is 0 Å². The number of hydrogen-bond acceptors (Lipinski definition) is 24. The zero-order valence-electron chi connectivity index (χ0n) is 52.4. The van der Waals surface area contributed by atoms with Gasteiger partial charge in [0.15, 0.2) is 0 Å². The van der Waals surface area contributed by atoms with Gasteiger partial charge < -0.3 is 117 Å². The number of amides is 6. The summed E-state index contributed by atoms with van der Waals surface area (Å²) in [4.78, 5) is 96.6. The number of aliphatic hydroxyl groups is 1. The molecular formula is C58H102N6O24PS-. The minimum atomic E-state index is -4.11. The maximum atomic E-state index is 12.9. The maximum absolute atomic E-state index is 12.9.